The van der Waals surface area contributed by atoms with Crippen molar-refractivity contribution in [1.82, 2.24) is 0 Å². The van der Waals surface area contributed by atoms with Gasteiger partial charge >= 0.3 is 0 Å². The minimum atomic E-state index is -1.79. The monoisotopic (exact) mass is 375 g/mol. The fourth-order valence-corrected chi connectivity index (χ4v) is 2.53. The van der Waals surface area contributed by atoms with Gasteiger partial charge in [0.2, 0.25) is 11.7 Å². The van der Waals surface area contributed by atoms with Gasteiger partial charge in [-0.15, -0.1) is 0 Å². The summed E-state index contributed by atoms with van der Waals surface area (Å²) in [5.41, 5.74) is -1.92. The number of rotatable bonds is 4. The predicted octanol–water partition coefficient (Wildman–Crippen LogP) is 4.05. The SMILES string of the molecule is CC(O)c1c(NC(=O)C(C)(C)C)c(F)c(F)c(F)c1OC1CCCCO1. The number of carbonyl (C=O) groups is 1. The van der Waals surface area contributed by atoms with Crippen molar-refractivity contribution in [1.29, 1.82) is 0 Å². The molecular formula is C18H24F3NO4. The molecule has 0 spiro atoms. The first-order valence-electron chi connectivity index (χ1n) is 8.52. The molecule has 1 saturated heterocycles. The average Bonchev–Trinajstić information content (AvgIpc) is 2.56. The Morgan fingerprint density at radius 2 is 1.88 bits per heavy atom. The van der Waals surface area contributed by atoms with Crippen LogP contribution in [0.15, 0.2) is 0 Å². The van der Waals surface area contributed by atoms with Crippen LogP contribution in [0.4, 0.5) is 18.9 Å². The summed E-state index contributed by atoms with van der Waals surface area (Å²) in [6.45, 7) is 6.38. The van der Waals surface area contributed by atoms with Crippen molar-refractivity contribution in [3.8, 4) is 5.75 Å². The normalized spacial score (nSPS) is 19.2. The number of nitrogens with one attached hydrogen (secondary N) is 1. The number of anilines is 1. The number of benzene rings is 1. The van der Waals surface area contributed by atoms with E-state index in [1.807, 2.05) is 0 Å². The molecule has 1 aromatic carbocycles. The fourth-order valence-electron chi connectivity index (χ4n) is 2.53. The Morgan fingerprint density at radius 1 is 1.23 bits per heavy atom. The zero-order valence-electron chi connectivity index (χ0n) is 15.3. The van der Waals surface area contributed by atoms with Crippen molar-refractivity contribution in [3.63, 3.8) is 0 Å². The van der Waals surface area contributed by atoms with Gasteiger partial charge in [0.25, 0.3) is 0 Å². The van der Waals surface area contributed by atoms with Gasteiger partial charge in [0.15, 0.2) is 23.7 Å². The molecule has 1 aliphatic rings. The Morgan fingerprint density at radius 3 is 2.38 bits per heavy atom. The minimum Gasteiger partial charge on any atom is -0.461 e. The van der Waals surface area contributed by atoms with Crippen LogP contribution >= 0.6 is 0 Å². The van der Waals surface area contributed by atoms with Crippen LogP contribution in [0.1, 0.15) is 58.6 Å². The molecule has 0 aromatic heterocycles. The number of amides is 1. The molecule has 2 N–H and O–H groups in total. The molecule has 0 radical (unpaired) electrons. The summed E-state index contributed by atoms with van der Waals surface area (Å²) in [6.07, 6.45) is -0.231. The zero-order chi connectivity index (χ0) is 19.6. The van der Waals surface area contributed by atoms with Crippen molar-refractivity contribution in [2.45, 2.75) is 59.4 Å². The molecule has 0 aliphatic carbocycles. The molecule has 26 heavy (non-hydrogen) atoms. The van der Waals surface area contributed by atoms with E-state index in [-0.39, 0.29) is 5.56 Å². The Kier molecular flexibility index (Phi) is 6.18. The lowest BCUT2D eigenvalue weighted by atomic mass is 9.95. The van der Waals surface area contributed by atoms with Crippen molar-refractivity contribution in [2.24, 2.45) is 5.41 Å². The lowest BCUT2D eigenvalue weighted by molar-refractivity contribution is -0.123. The quantitative estimate of drug-likeness (QED) is 0.779. The van der Waals surface area contributed by atoms with E-state index in [0.717, 1.165) is 12.8 Å². The van der Waals surface area contributed by atoms with Gasteiger partial charge in [0, 0.05) is 11.8 Å². The van der Waals surface area contributed by atoms with Gasteiger partial charge in [-0.05, 0) is 19.8 Å². The summed E-state index contributed by atoms with van der Waals surface area (Å²) < 4.78 is 53.6. The van der Waals surface area contributed by atoms with Gasteiger partial charge in [-0.25, -0.2) is 8.78 Å². The van der Waals surface area contributed by atoms with E-state index in [9.17, 15) is 23.1 Å². The zero-order valence-corrected chi connectivity index (χ0v) is 15.3. The van der Waals surface area contributed by atoms with Crippen LogP contribution in [0.2, 0.25) is 0 Å². The summed E-state index contributed by atoms with van der Waals surface area (Å²) >= 11 is 0. The highest BCUT2D eigenvalue weighted by Gasteiger charge is 2.33. The van der Waals surface area contributed by atoms with E-state index in [0.29, 0.717) is 13.0 Å². The van der Waals surface area contributed by atoms with Gasteiger partial charge in [0.1, 0.15) is 0 Å². The summed E-state index contributed by atoms with van der Waals surface area (Å²) in [5.74, 6) is -6.22. The topological polar surface area (TPSA) is 67.8 Å². The molecule has 0 bridgehead atoms. The standard InChI is InChI=1S/C18H24F3NO4/c1-9(23)11-15(22-17(24)18(2,3)4)13(20)12(19)14(21)16(11)26-10-7-5-6-8-25-10/h9-10,23H,5-8H2,1-4H3,(H,22,24). The third kappa shape index (κ3) is 4.29. The van der Waals surface area contributed by atoms with E-state index in [1.54, 1.807) is 20.8 Å². The predicted molar refractivity (Wildman–Crippen MR) is 89.3 cm³/mol. The van der Waals surface area contributed by atoms with Crippen LogP contribution in [0.5, 0.6) is 5.75 Å². The summed E-state index contributed by atoms with van der Waals surface area (Å²) in [7, 11) is 0. The van der Waals surface area contributed by atoms with Crippen LogP contribution in [0.25, 0.3) is 0 Å². The molecule has 1 aromatic rings. The third-order valence-corrected chi connectivity index (χ3v) is 4.04. The number of hydrogen-bond donors (Lipinski definition) is 2. The Bertz CT molecular complexity index is 680. The molecule has 2 rings (SSSR count). The van der Waals surface area contributed by atoms with Gasteiger partial charge in [-0.3, -0.25) is 4.79 Å². The number of halogens is 3. The van der Waals surface area contributed by atoms with E-state index in [1.165, 1.54) is 6.92 Å². The molecule has 8 heteroatoms. The molecule has 1 aliphatic heterocycles. The first-order valence-corrected chi connectivity index (χ1v) is 8.52. The van der Waals surface area contributed by atoms with Crippen LogP contribution in [0.3, 0.4) is 0 Å². The van der Waals surface area contributed by atoms with Crippen molar-refractivity contribution in [3.05, 3.63) is 23.0 Å². The lowest BCUT2D eigenvalue weighted by Gasteiger charge is -2.27. The number of carbonyl (C=O) groups excluding carboxylic acids is 1. The third-order valence-electron chi connectivity index (χ3n) is 4.04. The van der Waals surface area contributed by atoms with E-state index in [2.05, 4.69) is 5.32 Å². The second kappa shape index (κ2) is 7.84. The van der Waals surface area contributed by atoms with Crippen LogP contribution in [-0.2, 0) is 9.53 Å². The van der Waals surface area contributed by atoms with Crippen molar-refractivity contribution in [2.75, 3.05) is 11.9 Å². The average molecular weight is 375 g/mol. The van der Waals surface area contributed by atoms with Crippen molar-refractivity contribution >= 4 is 11.6 Å². The maximum absolute atomic E-state index is 14.4. The highest BCUT2D eigenvalue weighted by molar-refractivity contribution is 5.95. The lowest BCUT2D eigenvalue weighted by Crippen LogP contribution is -2.30. The maximum atomic E-state index is 14.4. The van der Waals surface area contributed by atoms with Gasteiger partial charge < -0.3 is 19.9 Å². The molecule has 1 fully saturated rings. The van der Waals surface area contributed by atoms with Gasteiger partial charge in [-0.1, -0.05) is 20.8 Å². The molecule has 1 amide bonds. The molecule has 146 valence electrons. The molecule has 1 heterocycles. The first kappa shape index (κ1) is 20.5. The molecule has 0 saturated carbocycles. The van der Waals surface area contributed by atoms with E-state index >= 15 is 0 Å². The highest BCUT2D eigenvalue weighted by Crippen LogP contribution is 2.40. The number of hydrogen-bond acceptors (Lipinski definition) is 4. The first-order chi connectivity index (χ1) is 12.0. The molecule has 5 nitrogen and oxygen atoms in total. The highest BCUT2D eigenvalue weighted by atomic mass is 19.2. The van der Waals surface area contributed by atoms with E-state index < -0.39 is 52.6 Å². The van der Waals surface area contributed by atoms with Gasteiger partial charge in [-0.2, -0.15) is 4.39 Å². The second-order valence-corrected chi connectivity index (χ2v) is 7.35. The summed E-state index contributed by atoms with van der Waals surface area (Å²) in [4.78, 5) is 12.2. The molecular weight excluding hydrogens is 351 g/mol. The molecule has 2 unspecified atom stereocenters. The Hall–Kier alpha value is -1.80. The Labute approximate surface area is 150 Å². The van der Waals surface area contributed by atoms with Crippen LogP contribution < -0.4 is 10.1 Å². The van der Waals surface area contributed by atoms with Gasteiger partial charge in [0.05, 0.1) is 24.0 Å². The maximum Gasteiger partial charge on any atom is 0.229 e. The smallest absolute Gasteiger partial charge is 0.229 e. The van der Waals surface area contributed by atoms with Crippen LogP contribution in [0, 0.1) is 22.9 Å². The number of aliphatic hydroxyl groups is 1. The minimum absolute atomic E-state index is 0.367. The number of ether oxygens (including phenoxy) is 2. The fraction of sp³-hybridized carbons (Fsp3) is 0.611. The van der Waals surface area contributed by atoms with E-state index in [4.69, 9.17) is 9.47 Å². The van der Waals surface area contributed by atoms with Crippen LogP contribution in [-0.4, -0.2) is 23.9 Å². The Balaban J connectivity index is 2.53. The largest absolute Gasteiger partial charge is 0.461 e. The summed E-state index contributed by atoms with van der Waals surface area (Å²) in [5, 5.41) is 12.3. The second-order valence-electron chi connectivity index (χ2n) is 7.35. The molecule has 2 atom stereocenters. The van der Waals surface area contributed by atoms with Crippen molar-refractivity contribution < 1.29 is 32.5 Å². The number of aliphatic hydroxyl groups excluding tert-OH is 1. The summed E-state index contributed by atoms with van der Waals surface area (Å²) in [6, 6.07) is 0.